The molecule has 1 fully saturated rings. The summed E-state index contributed by atoms with van der Waals surface area (Å²) in [7, 11) is -1.47. The van der Waals surface area contributed by atoms with Gasteiger partial charge in [0.25, 0.3) is 0 Å². The lowest BCUT2D eigenvalue weighted by molar-refractivity contribution is 0.222. The van der Waals surface area contributed by atoms with Gasteiger partial charge in [-0.25, -0.2) is 13.4 Å². The van der Waals surface area contributed by atoms with E-state index in [1.807, 2.05) is 31.3 Å². The Morgan fingerprint density at radius 3 is 2.36 bits per heavy atom. The van der Waals surface area contributed by atoms with Crippen molar-refractivity contribution in [3.05, 3.63) is 52.6 Å². The average molecular weight is 425 g/mol. The number of benzene rings is 1. The molecule has 25 heavy (non-hydrogen) atoms. The molecule has 8 heteroatoms. The number of anilines is 1. The minimum absolute atomic E-state index is 0.242. The third-order valence-corrected chi connectivity index (χ3v) is 6.63. The van der Waals surface area contributed by atoms with Crippen molar-refractivity contribution in [2.24, 2.45) is 0 Å². The van der Waals surface area contributed by atoms with E-state index >= 15 is 0 Å². The molecular weight excluding hydrogens is 404 g/mol. The zero-order valence-corrected chi connectivity index (χ0v) is 16.4. The number of nitrogens with one attached hydrogen (secondary N) is 1. The van der Waals surface area contributed by atoms with E-state index in [-0.39, 0.29) is 4.90 Å². The summed E-state index contributed by atoms with van der Waals surface area (Å²) in [6.07, 6.45) is 1.43. The SMILES string of the molecule is CN1CCN(S(=O)(=O)c2ccc(NCc3ccc(Br)cc3)nc2)CC1. The first-order valence-electron chi connectivity index (χ1n) is 8.08. The number of rotatable bonds is 5. The molecule has 3 rings (SSSR count). The van der Waals surface area contributed by atoms with Crippen LogP contribution in [0.5, 0.6) is 0 Å². The molecular formula is C17H21BrN4O2S. The number of aromatic nitrogens is 1. The molecule has 1 aromatic heterocycles. The molecule has 1 aromatic carbocycles. The van der Waals surface area contributed by atoms with Crippen molar-refractivity contribution >= 4 is 31.8 Å². The summed E-state index contributed by atoms with van der Waals surface area (Å²) >= 11 is 3.41. The maximum atomic E-state index is 12.7. The predicted molar refractivity (Wildman–Crippen MR) is 102 cm³/mol. The normalized spacial score (nSPS) is 16.7. The Morgan fingerprint density at radius 2 is 1.76 bits per heavy atom. The lowest BCUT2D eigenvalue weighted by Gasteiger charge is -2.31. The smallest absolute Gasteiger partial charge is 0.244 e. The van der Waals surface area contributed by atoms with Crippen LogP contribution >= 0.6 is 15.9 Å². The zero-order valence-electron chi connectivity index (χ0n) is 14.0. The van der Waals surface area contributed by atoms with Crippen LogP contribution in [-0.4, -0.2) is 55.8 Å². The number of hydrogen-bond donors (Lipinski definition) is 1. The van der Waals surface area contributed by atoms with Gasteiger partial charge in [0, 0.05) is 43.4 Å². The second kappa shape index (κ2) is 7.82. The molecule has 0 aliphatic carbocycles. The van der Waals surface area contributed by atoms with Gasteiger partial charge in [-0.3, -0.25) is 0 Å². The van der Waals surface area contributed by atoms with Gasteiger partial charge in [-0.2, -0.15) is 4.31 Å². The third-order valence-electron chi connectivity index (χ3n) is 4.22. The standard InChI is InChI=1S/C17H21BrN4O2S/c1-21-8-10-22(11-9-21)25(23,24)16-6-7-17(20-13-16)19-12-14-2-4-15(18)5-3-14/h2-7,13H,8-12H2,1H3,(H,19,20). The molecule has 0 radical (unpaired) electrons. The Labute approximate surface area is 157 Å². The van der Waals surface area contributed by atoms with Crippen LogP contribution < -0.4 is 5.32 Å². The Kier molecular flexibility index (Phi) is 5.73. The van der Waals surface area contributed by atoms with Crippen molar-refractivity contribution in [1.82, 2.24) is 14.2 Å². The van der Waals surface area contributed by atoms with Crippen LogP contribution in [0.4, 0.5) is 5.82 Å². The average Bonchev–Trinajstić information content (AvgIpc) is 2.62. The summed E-state index contributed by atoms with van der Waals surface area (Å²) in [5.74, 6) is 0.653. The molecule has 1 aliphatic rings. The number of nitrogens with zero attached hydrogens (tertiary/aromatic N) is 3. The number of piperazine rings is 1. The van der Waals surface area contributed by atoms with Gasteiger partial charge in [-0.05, 0) is 36.9 Å². The van der Waals surface area contributed by atoms with Crippen LogP contribution in [0.1, 0.15) is 5.56 Å². The van der Waals surface area contributed by atoms with Crippen LogP contribution in [0.15, 0.2) is 52.0 Å². The first-order chi connectivity index (χ1) is 11.9. The maximum absolute atomic E-state index is 12.7. The number of pyridine rings is 1. The fraction of sp³-hybridized carbons (Fsp3) is 0.353. The first-order valence-corrected chi connectivity index (χ1v) is 10.3. The van der Waals surface area contributed by atoms with Crippen LogP contribution in [-0.2, 0) is 16.6 Å². The summed E-state index contributed by atoms with van der Waals surface area (Å²) in [5, 5.41) is 3.20. The van der Waals surface area contributed by atoms with Gasteiger partial charge in [0.2, 0.25) is 10.0 Å². The number of hydrogen-bond acceptors (Lipinski definition) is 5. The highest BCUT2D eigenvalue weighted by Gasteiger charge is 2.27. The molecule has 134 valence electrons. The topological polar surface area (TPSA) is 65.5 Å². The minimum Gasteiger partial charge on any atom is -0.366 e. The molecule has 1 N–H and O–H groups in total. The molecule has 1 saturated heterocycles. The summed E-state index contributed by atoms with van der Waals surface area (Å²) in [4.78, 5) is 6.62. The van der Waals surface area contributed by atoms with Crippen molar-refractivity contribution in [2.75, 3.05) is 38.5 Å². The number of halogens is 1. The van der Waals surface area contributed by atoms with Gasteiger partial charge in [-0.1, -0.05) is 28.1 Å². The first kappa shape index (κ1) is 18.3. The Hall–Kier alpha value is -1.48. The quantitative estimate of drug-likeness (QED) is 0.797. The molecule has 0 unspecified atom stereocenters. The fourth-order valence-corrected chi connectivity index (χ4v) is 4.24. The van der Waals surface area contributed by atoms with Crippen LogP contribution in [0, 0.1) is 0 Å². The van der Waals surface area contributed by atoms with E-state index in [0.717, 1.165) is 23.1 Å². The lowest BCUT2D eigenvalue weighted by atomic mass is 10.2. The van der Waals surface area contributed by atoms with E-state index in [1.54, 1.807) is 12.1 Å². The van der Waals surface area contributed by atoms with Crippen LogP contribution in [0.2, 0.25) is 0 Å². The van der Waals surface area contributed by atoms with Crippen molar-refractivity contribution in [3.63, 3.8) is 0 Å². The Bertz CT molecular complexity index is 802. The number of likely N-dealkylation sites (N-methyl/N-ethyl adjacent to an activating group) is 1. The number of sulfonamides is 1. The Balaban J connectivity index is 1.64. The second-order valence-electron chi connectivity index (χ2n) is 6.07. The molecule has 2 heterocycles. The molecule has 1 aliphatic heterocycles. The highest BCUT2D eigenvalue weighted by atomic mass is 79.9. The summed E-state index contributed by atoms with van der Waals surface area (Å²) < 4.78 is 27.9. The summed E-state index contributed by atoms with van der Waals surface area (Å²) in [6, 6.07) is 11.3. The monoisotopic (exact) mass is 424 g/mol. The maximum Gasteiger partial charge on any atom is 0.244 e. The zero-order chi connectivity index (χ0) is 17.9. The van der Waals surface area contributed by atoms with Gasteiger partial charge in [0.05, 0.1) is 0 Å². The lowest BCUT2D eigenvalue weighted by Crippen LogP contribution is -2.47. The largest absolute Gasteiger partial charge is 0.366 e. The highest BCUT2D eigenvalue weighted by molar-refractivity contribution is 9.10. The molecule has 0 spiro atoms. The van der Waals surface area contributed by atoms with Gasteiger partial charge < -0.3 is 10.2 Å². The van der Waals surface area contributed by atoms with Crippen molar-refractivity contribution in [1.29, 1.82) is 0 Å². The van der Waals surface area contributed by atoms with Gasteiger partial charge >= 0.3 is 0 Å². The molecule has 2 aromatic rings. The summed E-state index contributed by atoms with van der Waals surface area (Å²) in [5.41, 5.74) is 1.12. The van der Waals surface area contributed by atoms with Crippen molar-refractivity contribution < 1.29 is 8.42 Å². The van der Waals surface area contributed by atoms with E-state index in [2.05, 4.69) is 31.1 Å². The molecule has 0 bridgehead atoms. The molecule has 0 atom stereocenters. The second-order valence-corrected chi connectivity index (χ2v) is 8.92. The minimum atomic E-state index is -3.46. The Morgan fingerprint density at radius 1 is 1.08 bits per heavy atom. The van der Waals surface area contributed by atoms with Gasteiger partial charge in [0.1, 0.15) is 10.7 Å². The van der Waals surface area contributed by atoms with Crippen LogP contribution in [0.3, 0.4) is 0 Å². The van der Waals surface area contributed by atoms with Crippen molar-refractivity contribution in [2.45, 2.75) is 11.4 Å². The third kappa shape index (κ3) is 4.58. The van der Waals surface area contributed by atoms with Gasteiger partial charge in [-0.15, -0.1) is 0 Å². The summed E-state index contributed by atoms with van der Waals surface area (Å²) in [6.45, 7) is 3.16. The van der Waals surface area contributed by atoms with E-state index in [1.165, 1.54) is 10.5 Å². The fourth-order valence-electron chi connectivity index (χ4n) is 2.61. The van der Waals surface area contributed by atoms with E-state index < -0.39 is 10.0 Å². The van der Waals surface area contributed by atoms with E-state index in [0.29, 0.717) is 25.5 Å². The van der Waals surface area contributed by atoms with E-state index in [4.69, 9.17) is 0 Å². The van der Waals surface area contributed by atoms with Gasteiger partial charge in [0.15, 0.2) is 0 Å². The van der Waals surface area contributed by atoms with Crippen molar-refractivity contribution in [3.8, 4) is 0 Å². The van der Waals surface area contributed by atoms with E-state index in [9.17, 15) is 8.42 Å². The molecule has 0 amide bonds. The van der Waals surface area contributed by atoms with Crippen LogP contribution in [0.25, 0.3) is 0 Å². The molecule has 6 nitrogen and oxygen atoms in total. The highest BCUT2D eigenvalue weighted by Crippen LogP contribution is 2.18. The molecule has 0 saturated carbocycles. The predicted octanol–water partition coefficient (Wildman–Crippen LogP) is 2.39.